The molecule has 11 atom stereocenters. The summed E-state index contributed by atoms with van der Waals surface area (Å²) < 4.78 is 12.1. The smallest absolute Gasteiger partial charge is 0.245 e. The van der Waals surface area contributed by atoms with E-state index in [0.717, 1.165) is 42.7 Å². The number of piperidine rings is 1. The highest BCUT2D eigenvalue weighted by atomic mass is 32.1. The lowest BCUT2D eigenvalue weighted by Gasteiger charge is -2.41. The highest BCUT2D eigenvalue weighted by Gasteiger charge is 2.49. The zero-order valence-electron chi connectivity index (χ0n) is 35.0. The zero-order chi connectivity index (χ0) is 40.7. The Morgan fingerprint density at radius 1 is 1.02 bits per heavy atom. The number of hydrogen-bond donors (Lipinski definition) is 2. The lowest BCUT2D eigenvalue weighted by molar-refractivity contribution is -0.148. The fraction of sp³-hybridized carbons (Fsp3) is 0.698. The van der Waals surface area contributed by atoms with E-state index in [-0.39, 0.29) is 60.0 Å². The van der Waals surface area contributed by atoms with Crippen molar-refractivity contribution in [3.8, 4) is 0 Å². The lowest BCUT2D eigenvalue weighted by atomic mass is 9.89. The molecule has 1 aromatic heterocycles. The van der Waals surface area contributed by atoms with Crippen LogP contribution in [-0.4, -0.2) is 121 Å². The summed E-state index contributed by atoms with van der Waals surface area (Å²) >= 11 is 1.51. The summed E-state index contributed by atoms with van der Waals surface area (Å²) in [7, 11) is 7.00. The molecule has 1 aromatic carbocycles. The van der Waals surface area contributed by atoms with Crippen LogP contribution in [-0.2, 0) is 35.1 Å². The number of thiazole rings is 1. The fourth-order valence-electron chi connectivity index (χ4n) is 9.64. The minimum Gasteiger partial charge on any atom is -0.379 e. The van der Waals surface area contributed by atoms with Crippen molar-refractivity contribution in [3.63, 3.8) is 0 Å². The quantitative estimate of drug-likeness (QED) is 0.201. The van der Waals surface area contributed by atoms with Crippen molar-refractivity contribution in [1.29, 1.82) is 0 Å². The number of likely N-dealkylation sites (N-methyl/N-ethyl adjacent to an activating group) is 2. The predicted molar refractivity (Wildman–Crippen MR) is 219 cm³/mol. The van der Waals surface area contributed by atoms with Gasteiger partial charge in [0.05, 0.1) is 48.7 Å². The molecule has 2 unspecified atom stereocenters. The molecule has 4 amide bonds. The molecule has 1 saturated carbocycles. The molecular weight excluding hydrogens is 729 g/mol. The first kappa shape index (κ1) is 43.7. The van der Waals surface area contributed by atoms with E-state index in [1.807, 2.05) is 68.4 Å². The number of nitrogens with zero attached hydrogens (tertiary/aromatic N) is 4. The van der Waals surface area contributed by atoms with Crippen LogP contribution in [0.2, 0.25) is 0 Å². The summed E-state index contributed by atoms with van der Waals surface area (Å²) in [6, 6.07) is 8.53. The van der Waals surface area contributed by atoms with E-state index in [0.29, 0.717) is 31.3 Å². The number of ether oxygens (including phenoxy) is 2. The number of likely N-dealkylation sites (tertiary alicyclic amines) is 2. The number of amides is 4. The van der Waals surface area contributed by atoms with Gasteiger partial charge in [0, 0.05) is 45.4 Å². The molecule has 5 rings (SSSR count). The van der Waals surface area contributed by atoms with Crippen LogP contribution in [0, 0.1) is 23.7 Å². The van der Waals surface area contributed by atoms with Gasteiger partial charge >= 0.3 is 0 Å². The highest BCUT2D eigenvalue weighted by molar-refractivity contribution is 7.09. The minimum absolute atomic E-state index is 0.00778. The molecule has 2 N–H and O–H groups in total. The lowest BCUT2D eigenvalue weighted by Crippen LogP contribution is -2.60. The number of carbonyl (C=O) groups excluding carboxylic acids is 4. The van der Waals surface area contributed by atoms with Crippen molar-refractivity contribution in [3.05, 3.63) is 52.5 Å². The SMILES string of the molecule is CC[C@H](C)[C@@H]([C@@H](CC(=O)N1CCCC1[C@H](OC)[C@@H](C)C(=O)N[C@@H](Cc1ccccc1)c1nccs1)OC)N(C)C(=O)C(NC(=O)[C@@H]1[C@H]2CC[C@H](C2)N1C)C(C)C. The van der Waals surface area contributed by atoms with Crippen LogP contribution in [0.15, 0.2) is 41.9 Å². The molecule has 0 radical (unpaired) electrons. The van der Waals surface area contributed by atoms with Gasteiger partial charge in [-0.3, -0.25) is 24.1 Å². The number of methoxy groups -OCH3 is 2. The number of hydrogen-bond acceptors (Lipinski definition) is 9. The Balaban J connectivity index is 1.27. The molecule has 12 nitrogen and oxygen atoms in total. The number of aromatic nitrogens is 1. The van der Waals surface area contributed by atoms with Crippen LogP contribution in [0.4, 0.5) is 0 Å². The standard InChI is InChI=1S/C43H66N6O6S/c1-10-27(4)37(48(7)43(53)36(26(2)3)46-41(52)38-30-18-19-31(24-30)47(38)6)34(54-8)25-35(50)49-21-14-17-33(49)39(55-9)28(5)40(51)45-32(42-44-20-22-56-42)23-29-15-12-11-13-16-29/h11-13,15-16,20,22,26-28,30-34,36-39H,10,14,17-19,21,23-25H2,1-9H3,(H,45,51)(H,46,52)/t27-,28+,30-,31+,32-,33?,34+,36?,37-,38-,39+/m0/s1. The minimum atomic E-state index is -0.708. The number of benzene rings is 1. The summed E-state index contributed by atoms with van der Waals surface area (Å²) in [5.41, 5.74) is 1.10. The molecular formula is C43H66N6O6S. The fourth-order valence-corrected chi connectivity index (χ4v) is 10.3. The Morgan fingerprint density at radius 2 is 1.75 bits per heavy atom. The molecule has 2 saturated heterocycles. The molecule has 2 aromatic rings. The normalized spacial score (nSPS) is 24.6. The molecule has 2 bridgehead atoms. The molecule has 3 fully saturated rings. The Labute approximate surface area is 338 Å². The molecule has 1 aliphatic carbocycles. The van der Waals surface area contributed by atoms with Gasteiger partial charge in [0.15, 0.2) is 0 Å². The van der Waals surface area contributed by atoms with E-state index in [4.69, 9.17) is 9.47 Å². The van der Waals surface area contributed by atoms with Gasteiger partial charge in [-0.1, -0.05) is 71.4 Å². The summed E-state index contributed by atoms with van der Waals surface area (Å²) in [4.78, 5) is 66.6. The second-order valence-electron chi connectivity index (χ2n) is 16.8. The first-order chi connectivity index (χ1) is 26.8. The predicted octanol–water partition coefficient (Wildman–Crippen LogP) is 5.09. The van der Waals surface area contributed by atoms with Gasteiger partial charge in [0.1, 0.15) is 11.0 Å². The average Bonchev–Trinajstić information content (AvgIpc) is 4.03. The number of rotatable bonds is 19. The van der Waals surface area contributed by atoms with E-state index in [1.54, 1.807) is 32.4 Å². The van der Waals surface area contributed by atoms with Crippen LogP contribution in [0.1, 0.15) is 96.2 Å². The Morgan fingerprint density at radius 3 is 2.34 bits per heavy atom. The molecule has 56 heavy (non-hydrogen) atoms. The van der Waals surface area contributed by atoms with Crippen LogP contribution in [0.5, 0.6) is 0 Å². The third-order valence-electron chi connectivity index (χ3n) is 13.0. The van der Waals surface area contributed by atoms with Crippen molar-refractivity contribution >= 4 is 35.0 Å². The summed E-state index contributed by atoms with van der Waals surface area (Å²) in [5, 5.41) is 9.13. The Kier molecular flexibility index (Phi) is 15.5. The zero-order valence-corrected chi connectivity index (χ0v) is 35.8. The van der Waals surface area contributed by atoms with Crippen molar-refractivity contribution in [2.24, 2.45) is 23.7 Å². The number of carbonyl (C=O) groups is 4. The van der Waals surface area contributed by atoms with Crippen molar-refractivity contribution in [2.45, 2.75) is 134 Å². The third kappa shape index (κ3) is 9.82. The number of fused-ring (bicyclic) bond motifs is 2. The first-order valence-corrected chi connectivity index (χ1v) is 21.6. The van der Waals surface area contributed by atoms with Gasteiger partial charge in [-0.15, -0.1) is 11.3 Å². The average molecular weight is 795 g/mol. The van der Waals surface area contributed by atoms with Crippen LogP contribution in [0.3, 0.4) is 0 Å². The van der Waals surface area contributed by atoms with Gasteiger partial charge in [0.25, 0.3) is 0 Å². The molecule has 310 valence electrons. The molecule has 3 heterocycles. The molecule has 13 heteroatoms. The van der Waals surface area contributed by atoms with E-state index in [2.05, 4.69) is 34.4 Å². The van der Waals surface area contributed by atoms with Crippen LogP contribution >= 0.6 is 11.3 Å². The van der Waals surface area contributed by atoms with Crippen LogP contribution in [0.25, 0.3) is 0 Å². The second-order valence-corrected chi connectivity index (χ2v) is 17.7. The second kappa shape index (κ2) is 19.8. The van der Waals surface area contributed by atoms with Gasteiger partial charge in [0.2, 0.25) is 23.6 Å². The topological polar surface area (TPSA) is 133 Å². The van der Waals surface area contributed by atoms with Gasteiger partial charge in [-0.2, -0.15) is 0 Å². The monoisotopic (exact) mass is 794 g/mol. The third-order valence-corrected chi connectivity index (χ3v) is 13.9. The van der Waals surface area contributed by atoms with Gasteiger partial charge in [-0.05, 0) is 68.9 Å². The molecule has 2 aliphatic heterocycles. The summed E-state index contributed by atoms with van der Waals surface area (Å²) in [5.74, 6) is -0.860. The van der Waals surface area contributed by atoms with Crippen molar-refractivity contribution in [1.82, 2.24) is 30.3 Å². The molecule has 3 aliphatic rings. The Hall–Kier alpha value is -3.39. The van der Waals surface area contributed by atoms with E-state index < -0.39 is 30.2 Å². The van der Waals surface area contributed by atoms with Gasteiger partial charge in [-0.25, -0.2) is 4.98 Å². The van der Waals surface area contributed by atoms with E-state index >= 15 is 0 Å². The van der Waals surface area contributed by atoms with E-state index in [1.165, 1.54) is 11.3 Å². The maximum atomic E-state index is 14.4. The molecule has 0 spiro atoms. The van der Waals surface area contributed by atoms with Crippen molar-refractivity contribution < 1.29 is 28.7 Å². The first-order valence-electron chi connectivity index (χ1n) is 20.7. The highest BCUT2D eigenvalue weighted by Crippen LogP contribution is 2.41. The largest absolute Gasteiger partial charge is 0.379 e. The Bertz CT molecular complexity index is 1590. The van der Waals surface area contributed by atoms with E-state index in [9.17, 15) is 19.2 Å². The van der Waals surface area contributed by atoms with Gasteiger partial charge < -0.3 is 29.9 Å². The summed E-state index contributed by atoms with van der Waals surface area (Å²) in [6.07, 6.45) is 6.76. The van der Waals surface area contributed by atoms with Crippen LogP contribution < -0.4 is 10.6 Å². The number of nitrogens with one attached hydrogen (secondary N) is 2. The van der Waals surface area contributed by atoms with Crippen molar-refractivity contribution in [2.75, 3.05) is 34.9 Å². The maximum Gasteiger partial charge on any atom is 0.245 e. The summed E-state index contributed by atoms with van der Waals surface area (Å²) in [6.45, 7) is 10.5. The maximum absolute atomic E-state index is 14.4.